The van der Waals surface area contributed by atoms with Crippen molar-refractivity contribution in [1.29, 1.82) is 0 Å². The molecule has 0 amide bonds. The molecule has 0 saturated carbocycles. The summed E-state index contributed by atoms with van der Waals surface area (Å²) in [7, 11) is 0. The molecule has 1 unspecified atom stereocenters. The molecule has 1 atom stereocenters. The predicted octanol–water partition coefficient (Wildman–Crippen LogP) is 2.97. The Morgan fingerprint density at radius 1 is 1.38 bits per heavy atom. The number of thiazole rings is 1. The number of hydrogen-bond acceptors (Lipinski definition) is 4. The largest absolute Gasteiger partial charge is 0.313 e. The van der Waals surface area contributed by atoms with E-state index in [1.807, 2.05) is 22.9 Å². The van der Waals surface area contributed by atoms with Gasteiger partial charge >= 0.3 is 0 Å². The third-order valence-electron chi connectivity index (χ3n) is 2.40. The summed E-state index contributed by atoms with van der Waals surface area (Å²) in [6.07, 6.45) is 4.02. The van der Waals surface area contributed by atoms with Gasteiger partial charge in [0.15, 0.2) is 0 Å². The van der Waals surface area contributed by atoms with E-state index in [1.54, 1.807) is 11.3 Å². The second-order valence-electron chi connectivity index (χ2n) is 3.81. The summed E-state index contributed by atoms with van der Waals surface area (Å²) in [5.41, 5.74) is 0. The maximum Gasteiger partial charge on any atom is 0.0937 e. The number of aromatic nitrogens is 1. The number of hydrogen-bond donors (Lipinski definition) is 1. The quantitative estimate of drug-likeness (QED) is 0.855. The van der Waals surface area contributed by atoms with Crippen LogP contribution in [-0.2, 0) is 12.8 Å². The van der Waals surface area contributed by atoms with Crippen molar-refractivity contribution in [3.05, 3.63) is 39.0 Å². The zero-order valence-corrected chi connectivity index (χ0v) is 11.0. The Morgan fingerprint density at radius 3 is 3.00 bits per heavy atom. The highest BCUT2D eigenvalue weighted by atomic mass is 32.1. The smallest absolute Gasteiger partial charge is 0.0937 e. The highest BCUT2D eigenvalue weighted by molar-refractivity contribution is 7.10. The van der Waals surface area contributed by atoms with Crippen LogP contribution in [0.3, 0.4) is 0 Å². The predicted molar refractivity (Wildman–Crippen MR) is 71.3 cm³/mol. The van der Waals surface area contributed by atoms with Crippen LogP contribution in [0.15, 0.2) is 29.1 Å². The molecule has 4 heteroatoms. The minimum absolute atomic E-state index is 0.540. The van der Waals surface area contributed by atoms with E-state index in [9.17, 15) is 0 Å². The van der Waals surface area contributed by atoms with Crippen molar-refractivity contribution in [2.24, 2.45) is 0 Å². The van der Waals surface area contributed by atoms with E-state index < -0.39 is 0 Å². The lowest BCUT2D eigenvalue weighted by Gasteiger charge is -2.11. The molecule has 0 bridgehead atoms. The minimum atomic E-state index is 0.540. The molecule has 0 aliphatic heterocycles. The van der Waals surface area contributed by atoms with Gasteiger partial charge in [-0.15, -0.1) is 22.7 Å². The van der Waals surface area contributed by atoms with Gasteiger partial charge in [-0.1, -0.05) is 6.07 Å². The molecule has 0 saturated heterocycles. The van der Waals surface area contributed by atoms with E-state index in [4.69, 9.17) is 0 Å². The van der Waals surface area contributed by atoms with E-state index in [1.165, 1.54) is 9.88 Å². The molecule has 16 heavy (non-hydrogen) atoms. The lowest BCUT2D eigenvalue weighted by Crippen LogP contribution is -2.29. The Balaban J connectivity index is 1.66. The maximum absolute atomic E-state index is 4.27. The van der Waals surface area contributed by atoms with E-state index in [2.05, 4.69) is 34.7 Å². The van der Waals surface area contributed by atoms with Gasteiger partial charge in [-0.2, -0.15) is 0 Å². The van der Waals surface area contributed by atoms with Gasteiger partial charge in [-0.3, -0.25) is 0 Å². The van der Waals surface area contributed by atoms with Crippen molar-refractivity contribution in [3.63, 3.8) is 0 Å². The van der Waals surface area contributed by atoms with Crippen molar-refractivity contribution in [2.45, 2.75) is 25.8 Å². The molecule has 0 radical (unpaired) electrons. The van der Waals surface area contributed by atoms with Crippen molar-refractivity contribution >= 4 is 22.7 Å². The van der Waals surface area contributed by atoms with Gasteiger partial charge in [0.25, 0.3) is 0 Å². The lowest BCUT2D eigenvalue weighted by molar-refractivity contribution is 0.551. The first-order valence-electron chi connectivity index (χ1n) is 5.49. The molecular formula is C12H16N2S2. The molecule has 2 heterocycles. The third-order valence-corrected chi connectivity index (χ3v) is 4.14. The third kappa shape index (κ3) is 3.70. The van der Waals surface area contributed by atoms with Crippen LogP contribution in [0.4, 0.5) is 0 Å². The van der Waals surface area contributed by atoms with Crippen LogP contribution < -0.4 is 5.32 Å². The summed E-state index contributed by atoms with van der Waals surface area (Å²) < 4.78 is 0. The Morgan fingerprint density at radius 2 is 2.31 bits per heavy atom. The average molecular weight is 252 g/mol. The number of nitrogens with zero attached hydrogens (tertiary/aromatic N) is 1. The van der Waals surface area contributed by atoms with Gasteiger partial charge < -0.3 is 5.32 Å². The zero-order chi connectivity index (χ0) is 11.2. The summed E-state index contributed by atoms with van der Waals surface area (Å²) in [6.45, 7) is 3.25. The van der Waals surface area contributed by atoms with E-state index in [0.29, 0.717) is 6.04 Å². The number of nitrogens with one attached hydrogen (secondary N) is 1. The van der Waals surface area contributed by atoms with Crippen LogP contribution in [0.1, 0.15) is 16.8 Å². The molecule has 2 nitrogen and oxygen atoms in total. The van der Waals surface area contributed by atoms with E-state index in [-0.39, 0.29) is 0 Å². The first kappa shape index (κ1) is 11.8. The minimum Gasteiger partial charge on any atom is -0.313 e. The highest BCUT2D eigenvalue weighted by Gasteiger charge is 2.03. The fourth-order valence-corrected chi connectivity index (χ4v) is 3.06. The summed E-state index contributed by atoms with van der Waals surface area (Å²) in [4.78, 5) is 5.72. The first-order chi connectivity index (χ1) is 7.84. The van der Waals surface area contributed by atoms with E-state index >= 15 is 0 Å². The van der Waals surface area contributed by atoms with Gasteiger partial charge in [0.2, 0.25) is 0 Å². The summed E-state index contributed by atoms with van der Waals surface area (Å²) in [6, 6.07) is 4.85. The summed E-state index contributed by atoms with van der Waals surface area (Å²) >= 11 is 3.56. The molecule has 0 aromatic carbocycles. The summed E-state index contributed by atoms with van der Waals surface area (Å²) in [5, 5.41) is 8.92. The molecule has 1 N–H and O–H groups in total. The Bertz CT molecular complexity index is 381. The van der Waals surface area contributed by atoms with Gasteiger partial charge in [-0.25, -0.2) is 4.98 Å². The van der Waals surface area contributed by atoms with Crippen LogP contribution in [0.5, 0.6) is 0 Å². The molecule has 0 aliphatic carbocycles. The van der Waals surface area contributed by atoms with Crippen LogP contribution in [0, 0.1) is 0 Å². The highest BCUT2D eigenvalue weighted by Crippen LogP contribution is 2.11. The SMILES string of the molecule is CC(Cc1cccs1)NCCc1nccs1. The van der Waals surface area contributed by atoms with Crippen molar-refractivity contribution in [2.75, 3.05) is 6.54 Å². The molecule has 0 aliphatic rings. The lowest BCUT2D eigenvalue weighted by atomic mass is 10.2. The zero-order valence-electron chi connectivity index (χ0n) is 9.35. The van der Waals surface area contributed by atoms with Gasteiger partial charge in [0, 0.05) is 35.5 Å². The normalized spacial score (nSPS) is 12.8. The second-order valence-corrected chi connectivity index (χ2v) is 5.83. The van der Waals surface area contributed by atoms with Gasteiger partial charge in [0.1, 0.15) is 0 Å². The molecule has 0 fully saturated rings. The maximum atomic E-state index is 4.27. The van der Waals surface area contributed by atoms with Crippen LogP contribution in [0.25, 0.3) is 0 Å². The molecule has 2 aromatic heterocycles. The molecule has 2 rings (SSSR count). The molecule has 2 aromatic rings. The fourth-order valence-electron chi connectivity index (χ4n) is 1.60. The molecular weight excluding hydrogens is 236 g/mol. The topological polar surface area (TPSA) is 24.9 Å². The second kappa shape index (κ2) is 6.13. The first-order valence-corrected chi connectivity index (χ1v) is 7.24. The monoisotopic (exact) mass is 252 g/mol. The Kier molecular flexibility index (Phi) is 4.51. The Labute approximate surface area is 104 Å². The molecule has 86 valence electrons. The standard InChI is InChI=1S/C12H16N2S2/c1-10(9-11-3-2-7-15-11)13-5-4-12-14-6-8-16-12/h2-3,6-8,10,13H,4-5,9H2,1H3. The van der Waals surface area contributed by atoms with Crippen LogP contribution in [-0.4, -0.2) is 17.6 Å². The average Bonchev–Trinajstić information content (AvgIpc) is 2.90. The van der Waals surface area contributed by atoms with Gasteiger partial charge in [-0.05, 0) is 24.8 Å². The van der Waals surface area contributed by atoms with Crippen LogP contribution >= 0.6 is 22.7 Å². The van der Waals surface area contributed by atoms with Crippen molar-refractivity contribution in [3.8, 4) is 0 Å². The molecule has 0 spiro atoms. The fraction of sp³-hybridized carbons (Fsp3) is 0.417. The van der Waals surface area contributed by atoms with Gasteiger partial charge in [0.05, 0.1) is 5.01 Å². The van der Waals surface area contributed by atoms with Crippen molar-refractivity contribution < 1.29 is 0 Å². The Hall–Kier alpha value is -0.710. The number of rotatable bonds is 6. The summed E-state index contributed by atoms with van der Waals surface area (Å²) in [5.74, 6) is 0. The van der Waals surface area contributed by atoms with E-state index in [0.717, 1.165) is 19.4 Å². The number of thiophene rings is 1. The van der Waals surface area contributed by atoms with Crippen molar-refractivity contribution in [1.82, 2.24) is 10.3 Å². The van der Waals surface area contributed by atoms with Crippen LogP contribution in [0.2, 0.25) is 0 Å².